The third-order valence-corrected chi connectivity index (χ3v) is 2.47. The molecule has 6 nitrogen and oxygen atoms in total. The number of phenols is 1. The average Bonchev–Trinajstić information content (AvgIpc) is 2.40. The Bertz CT molecular complexity index is 431. The first kappa shape index (κ1) is 15.0. The van der Waals surface area contributed by atoms with E-state index in [2.05, 4.69) is 5.32 Å². The Labute approximate surface area is 111 Å². The van der Waals surface area contributed by atoms with Gasteiger partial charge in [0, 0.05) is 6.42 Å². The largest absolute Gasteiger partial charge is 0.508 e. The molecule has 1 amide bonds. The predicted octanol–water partition coefficient (Wildman–Crippen LogP) is -0.0587. The maximum Gasteiger partial charge on any atom is 0.328 e. The molecule has 0 aliphatic rings. The molecule has 6 heteroatoms. The molecular formula is C13H18N2O4. The van der Waals surface area contributed by atoms with Gasteiger partial charge in [0.2, 0.25) is 5.91 Å². The van der Waals surface area contributed by atoms with Crippen LogP contribution in [0.3, 0.4) is 0 Å². The van der Waals surface area contributed by atoms with Crippen LogP contribution >= 0.6 is 0 Å². The summed E-state index contributed by atoms with van der Waals surface area (Å²) in [6, 6.07) is 5.61. The zero-order valence-corrected chi connectivity index (χ0v) is 10.8. The lowest BCUT2D eigenvalue weighted by atomic mass is 10.1. The Morgan fingerprint density at radius 1 is 1.37 bits per heavy atom. The number of phenolic OH excluding ortho intramolecular Hbond substituents is 1. The van der Waals surface area contributed by atoms with E-state index < -0.39 is 17.9 Å². The molecule has 19 heavy (non-hydrogen) atoms. The molecule has 1 aromatic rings. The highest BCUT2D eigenvalue weighted by atomic mass is 16.5. The number of carbonyl (C=O) groups excluding carboxylic acids is 2. The number of aromatic hydroxyl groups is 1. The van der Waals surface area contributed by atoms with Crippen LogP contribution in [0.2, 0.25) is 0 Å². The molecule has 0 aromatic heterocycles. The zero-order chi connectivity index (χ0) is 14.3. The van der Waals surface area contributed by atoms with Gasteiger partial charge in [-0.3, -0.25) is 4.79 Å². The number of rotatable bonds is 6. The van der Waals surface area contributed by atoms with Gasteiger partial charge < -0.3 is 20.9 Å². The van der Waals surface area contributed by atoms with Crippen LogP contribution in [0.15, 0.2) is 24.3 Å². The summed E-state index contributed by atoms with van der Waals surface area (Å²) in [5, 5.41) is 11.7. The van der Waals surface area contributed by atoms with Crippen LogP contribution in [0.5, 0.6) is 5.75 Å². The molecule has 0 unspecified atom stereocenters. The minimum absolute atomic E-state index is 0.141. The van der Waals surface area contributed by atoms with Crippen molar-refractivity contribution in [2.45, 2.75) is 19.4 Å². The Morgan fingerprint density at radius 3 is 2.53 bits per heavy atom. The number of esters is 1. The van der Waals surface area contributed by atoms with Gasteiger partial charge in [0.1, 0.15) is 11.8 Å². The van der Waals surface area contributed by atoms with Gasteiger partial charge in [-0.1, -0.05) is 12.1 Å². The monoisotopic (exact) mass is 266 g/mol. The maximum atomic E-state index is 11.7. The molecule has 0 saturated heterocycles. The van der Waals surface area contributed by atoms with Crippen molar-refractivity contribution >= 4 is 11.9 Å². The third-order valence-electron chi connectivity index (χ3n) is 2.47. The highest BCUT2D eigenvalue weighted by molar-refractivity contribution is 5.85. The van der Waals surface area contributed by atoms with Crippen molar-refractivity contribution < 1.29 is 19.4 Å². The highest BCUT2D eigenvalue weighted by Crippen LogP contribution is 2.11. The molecular weight excluding hydrogens is 248 g/mol. The van der Waals surface area contributed by atoms with Gasteiger partial charge >= 0.3 is 5.97 Å². The average molecular weight is 266 g/mol. The number of nitrogens with one attached hydrogen (secondary N) is 1. The fraction of sp³-hybridized carbons (Fsp3) is 0.385. The Balaban J connectivity index is 2.75. The first-order valence-electron chi connectivity index (χ1n) is 6.00. The van der Waals surface area contributed by atoms with Crippen molar-refractivity contribution in [3.8, 4) is 5.75 Å². The number of hydrogen-bond acceptors (Lipinski definition) is 5. The summed E-state index contributed by atoms with van der Waals surface area (Å²) in [5.74, 6) is -0.781. The van der Waals surface area contributed by atoms with Crippen LogP contribution in [0.1, 0.15) is 12.5 Å². The number of carbonyl (C=O) groups is 2. The van der Waals surface area contributed by atoms with Gasteiger partial charge in [0.05, 0.1) is 13.2 Å². The predicted molar refractivity (Wildman–Crippen MR) is 69.4 cm³/mol. The fourth-order valence-corrected chi connectivity index (χ4v) is 1.56. The second kappa shape index (κ2) is 7.38. The van der Waals surface area contributed by atoms with Crippen LogP contribution in [-0.4, -0.2) is 36.2 Å². The fourth-order valence-electron chi connectivity index (χ4n) is 1.56. The molecule has 1 atom stereocenters. The van der Waals surface area contributed by atoms with Crippen molar-refractivity contribution in [3.05, 3.63) is 29.8 Å². The SMILES string of the molecule is CCOC(=O)[C@H](Cc1ccc(O)cc1)NC(=O)CN. The van der Waals surface area contributed by atoms with Gasteiger partial charge in [-0.15, -0.1) is 0 Å². The van der Waals surface area contributed by atoms with Crippen molar-refractivity contribution in [1.82, 2.24) is 5.32 Å². The molecule has 0 aliphatic heterocycles. The van der Waals surface area contributed by atoms with Crippen molar-refractivity contribution in [2.75, 3.05) is 13.2 Å². The minimum atomic E-state index is -0.777. The summed E-state index contributed by atoms with van der Waals surface area (Å²) in [6.45, 7) is 1.75. The van der Waals surface area contributed by atoms with E-state index in [1.807, 2.05) is 0 Å². The van der Waals surface area contributed by atoms with Crippen LogP contribution < -0.4 is 11.1 Å². The molecule has 104 valence electrons. The van der Waals surface area contributed by atoms with Gasteiger partial charge in [-0.25, -0.2) is 4.79 Å². The first-order chi connectivity index (χ1) is 9.06. The second-order valence-electron chi connectivity index (χ2n) is 3.95. The number of nitrogens with two attached hydrogens (primary N) is 1. The minimum Gasteiger partial charge on any atom is -0.508 e. The molecule has 0 saturated carbocycles. The zero-order valence-electron chi connectivity index (χ0n) is 10.8. The molecule has 1 rings (SSSR count). The quantitative estimate of drug-likeness (QED) is 0.626. The van der Waals surface area contributed by atoms with E-state index in [0.29, 0.717) is 0 Å². The summed E-state index contributed by atoms with van der Waals surface area (Å²) in [6.07, 6.45) is 0.283. The lowest BCUT2D eigenvalue weighted by Gasteiger charge is -2.17. The Hall–Kier alpha value is -2.08. The van der Waals surface area contributed by atoms with Crippen LogP contribution in [0, 0.1) is 0 Å². The van der Waals surface area contributed by atoms with E-state index in [1.165, 1.54) is 12.1 Å². The molecule has 0 fully saturated rings. The van der Waals surface area contributed by atoms with Crippen LogP contribution in [0.4, 0.5) is 0 Å². The number of hydrogen-bond donors (Lipinski definition) is 3. The van der Waals surface area contributed by atoms with Gasteiger partial charge in [0.15, 0.2) is 0 Å². The number of ether oxygens (including phenoxy) is 1. The smallest absolute Gasteiger partial charge is 0.328 e. The summed E-state index contributed by atoms with van der Waals surface area (Å²) < 4.78 is 4.90. The molecule has 0 heterocycles. The van der Waals surface area contributed by atoms with E-state index in [4.69, 9.17) is 10.5 Å². The number of benzene rings is 1. The van der Waals surface area contributed by atoms with E-state index >= 15 is 0 Å². The van der Waals surface area contributed by atoms with Crippen molar-refractivity contribution in [1.29, 1.82) is 0 Å². The summed E-state index contributed by atoms with van der Waals surface area (Å²) in [5.41, 5.74) is 6.01. The molecule has 0 spiro atoms. The lowest BCUT2D eigenvalue weighted by molar-refractivity contribution is -0.147. The van der Waals surface area contributed by atoms with Crippen LogP contribution in [-0.2, 0) is 20.7 Å². The lowest BCUT2D eigenvalue weighted by Crippen LogP contribution is -2.45. The third kappa shape index (κ3) is 4.97. The van der Waals surface area contributed by atoms with Gasteiger partial charge in [-0.05, 0) is 24.6 Å². The molecule has 4 N–H and O–H groups in total. The first-order valence-corrected chi connectivity index (χ1v) is 6.00. The summed E-state index contributed by atoms with van der Waals surface area (Å²) in [4.78, 5) is 23.0. The Morgan fingerprint density at radius 2 is 2.00 bits per heavy atom. The molecule has 0 aliphatic carbocycles. The summed E-state index contributed by atoms with van der Waals surface area (Å²) in [7, 11) is 0. The van der Waals surface area contributed by atoms with Gasteiger partial charge in [-0.2, -0.15) is 0 Å². The topological polar surface area (TPSA) is 102 Å². The Kier molecular flexibility index (Phi) is 5.81. The maximum absolute atomic E-state index is 11.7. The molecule has 1 aromatic carbocycles. The van der Waals surface area contributed by atoms with E-state index in [-0.39, 0.29) is 25.3 Å². The number of amides is 1. The van der Waals surface area contributed by atoms with Crippen molar-refractivity contribution in [2.24, 2.45) is 5.73 Å². The van der Waals surface area contributed by atoms with E-state index in [9.17, 15) is 14.7 Å². The van der Waals surface area contributed by atoms with E-state index in [0.717, 1.165) is 5.56 Å². The normalized spacial score (nSPS) is 11.7. The van der Waals surface area contributed by atoms with Crippen molar-refractivity contribution in [3.63, 3.8) is 0 Å². The summed E-state index contributed by atoms with van der Waals surface area (Å²) >= 11 is 0. The molecule has 0 bridgehead atoms. The van der Waals surface area contributed by atoms with E-state index in [1.54, 1.807) is 19.1 Å². The molecule has 0 radical (unpaired) electrons. The second-order valence-corrected chi connectivity index (χ2v) is 3.95. The van der Waals surface area contributed by atoms with Gasteiger partial charge in [0.25, 0.3) is 0 Å². The van der Waals surface area contributed by atoms with Crippen LogP contribution in [0.25, 0.3) is 0 Å². The highest BCUT2D eigenvalue weighted by Gasteiger charge is 2.21. The standard InChI is InChI=1S/C13H18N2O4/c1-2-19-13(18)11(15-12(17)8-14)7-9-3-5-10(16)6-4-9/h3-6,11,16H,2,7-8,14H2,1H3,(H,15,17)/t11-/m0/s1.